The molecular weight excluding hydrogens is 370 g/mol. The molecule has 1 saturated heterocycles. The molecule has 0 aromatic heterocycles. The average molecular weight is 389 g/mol. The molecule has 0 saturated carbocycles. The molecule has 0 bridgehead atoms. The van der Waals surface area contributed by atoms with Gasteiger partial charge in [0.15, 0.2) is 0 Å². The van der Waals surface area contributed by atoms with Crippen molar-refractivity contribution in [2.45, 2.75) is 17.9 Å². The summed E-state index contributed by atoms with van der Waals surface area (Å²) in [5.74, 6) is -1.21. The molecule has 2 aromatic rings. The minimum absolute atomic E-state index is 0. The molecule has 2 aromatic carbocycles. The minimum Gasteiger partial charge on any atom is -0.313 e. The molecule has 0 aliphatic carbocycles. The second-order valence-electron chi connectivity index (χ2n) is 5.82. The summed E-state index contributed by atoms with van der Waals surface area (Å²) in [6.45, 7) is 2.69. The van der Waals surface area contributed by atoms with Crippen LogP contribution in [0, 0.1) is 18.6 Å². The van der Waals surface area contributed by atoms with Crippen molar-refractivity contribution < 1.29 is 17.2 Å². The van der Waals surface area contributed by atoms with Crippen LogP contribution in [0.25, 0.3) is 0 Å². The van der Waals surface area contributed by atoms with Gasteiger partial charge in [-0.25, -0.2) is 17.2 Å². The Morgan fingerprint density at radius 3 is 2.60 bits per heavy atom. The van der Waals surface area contributed by atoms with Gasteiger partial charge in [0.1, 0.15) is 16.5 Å². The van der Waals surface area contributed by atoms with Crippen molar-refractivity contribution in [3.05, 3.63) is 65.2 Å². The van der Waals surface area contributed by atoms with Crippen molar-refractivity contribution in [3.63, 3.8) is 0 Å². The third kappa shape index (κ3) is 4.00. The maximum atomic E-state index is 14.2. The van der Waals surface area contributed by atoms with Crippen LogP contribution in [-0.2, 0) is 10.0 Å². The number of halogens is 3. The molecule has 0 amide bonds. The number of nitrogens with one attached hydrogen (secondary N) is 1. The van der Waals surface area contributed by atoms with E-state index >= 15 is 0 Å². The molecule has 1 heterocycles. The van der Waals surface area contributed by atoms with Gasteiger partial charge in [-0.3, -0.25) is 0 Å². The minimum atomic E-state index is -4.02. The Morgan fingerprint density at radius 2 is 1.92 bits per heavy atom. The topological polar surface area (TPSA) is 49.4 Å². The molecule has 0 radical (unpaired) electrons. The van der Waals surface area contributed by atoms with E-state index in [0.717, 1.165) is 0 Å². The van der Waals surface area contributed by atoms with E-state index in [1.807, 2.05) is 0 Å². The second kappa shape index (κ2) is 7.78. The Labute approximate surface area is 152 Å². The highest BCUT2D eigenvalue weighted by atomic mass is 35.5. The Hall–Kier alpha value is -1.54. The zero-order valence-corrected chi connectivity index (χ0v) is 15.2. The smallest absolute Gasteiger partial charge is 0.246 e. The third-order valence-electron chi connectivity index (χ3n) is 4.10. The Kier molecular flexibility index (Phi) is 6.16. The molecule has 1 aliphatic heterocycles. The number of benzene rings is 2. The predicted molar refractivity (Wildman–Crippen MR) is 94.3 cm³/mol. The largest absolute Gasteiger partial charge is 0.313 e. The van der Waals surface area contributed by atoms with Crippen LogP contribution < -0.4 is 5.32 Å². The number of rotatable bonds is 3. The number of aryl methyl sites for hydroxylation is 1. The van der Waals surface area contributed by atoms with E-state index in [1.54, 1.807) is 19.1 Å². The summed E-state index contributed by atoms with van der Waals surface area (Å²) in [5, 5.41) is 3.11. The molecule has 1 atom stereocenters. The fourth-order valence-corrected chi connectivity index (χ4v) is 4.57. The zero-order valence-electron chi connectivity index (χ0n) is 13.6. The fourth-order valence-electron chi connectivity index (χ4n) is 2.91. The van der Waals surface area contributed by atoms with Gasteiger partial charge < -0.3 is 5.32 Å². The van der Waals surface area contributed by atoms with Crippen LogP contribution in [0.2, 0.25) is 0 Å². The maximum Gasteiger partial charge on any atom is 0.246 e. The lowest BCUT2D eigenvalue weighted by Gasteiger charge is -2.35. The number of hydrogen-bond donors (Lipinski definition) is 1. The maximum absolute atomic E-state index is 14.2. The first-order valence-corrected chi connectivity index (χ1v) is 9.08. The molecule has 25 heavy (non-hydrogen) atoms. The van der Waals surface area contributed by atoms with Crippen LogP contribution >= 0.6 is 12.4 Å². The normalized spacial score (nSPS) is 18.6. The Balaban J connectivity index is 0.00000225. The number of nitrogens with zero attached hydrogens (tertiary/aromatic N) is 1. The summed E-state index contributed by atoms with van der Waals surface area (Å²) in [7, 11) is -4.02. The second-order valence-corrected chi connectivity index (χ2v) is 7.68. The number of hydrogen-bond acceptors (Lipinski definition) is 3. The standard InChI is InChI=1S/C17H18F2N2O2S.ClH/c1-12-5-6-17(15(19)9-12)24(22,23)21-8-7-20-11-16(21)13-3-2-4-14(18)10-13;/h2-6,9-10,16,20H,7-8,11H2,1H3;1H. The molecule has 8 heteroatoms. The van der Waals surface area contributed by atoms with Crippen LogP contribution in [0.3, 0.4) is 0 Å². The van der Waals surface area contributed by atoms with Crippen molar-refractivity contribution in [2.75, 3.05) is 19.6 Å². The number of sulfonamides is 1. The average Bonchev–Trinajstić information content (AvgIpc) is 2.54. The molecule has 0 spiro atoms. The van der Waals surface area contributed by atoms with Gasteiger partial charge in [0.25, 0.3) is 0 Å². The van der Waals surface area contributed by atoms with Gasteiger partial charge in [-0.15, -0.1) is 12.4 Å². The van der Waals surface area contributed by atoms with E-state index in [4.69, 9.17) is 0 Å². The van der Waals surface area contributed by atoms with Crippen molar-refractivity contribution in [1.29, 1.82) is 0 Å². The van der Waals surface area contributed by atoms with E-state index in [0.29, 0.717) is 24.2 Å². The molecule has 3 rings (SSSR count). The summed E-state index contributed by atoms with van der Waals surface area (Å²) in [6.07, 6.45) is 0. The molecule has 4 nitrogen and oxygen atoms in total. The first-order chi connectivity index (χ1) is 11.4. The first kappa shape index (κ1) is 19.8. The SMILES string of the molecule is Cc1ccc(S(=O)(=O)N2CCNCC2c2cccc(F)c2)c(F)c1.Cl. The van der Waals surface area contributed by atoms with Gasteiger partial charge in [-0.1, -0.05) is 18.2 Å². The summed E-state index contributed by atoms with van der Waals surface area (Å²) in [4.78, 5) is -0.351. The van der Waals surface area contributed by atoms with Crippen molar-refractivity contribution >= 4 is 22.4 Å². The number of piperazine rings is 1. The fraction of sp³-hybridized carbons (Fsp3) is 0.294. The highest BCUT2D eigenvalue weighted by Crippen LogP contribution is 2.30. The Bertz CT molecular complexity index is 861. The Morgan fingerprint density at radius 1 is 1.16 bits per heavy atom. The van der Waals surface area contributed by atoms with E-state index in [1.165, 1.54) is 34.6 Å². The van der Waals surface area contributed by atoms with Crippen LogP contribution in [0.4, 0.5) is 8.78 Å². The van der Waals surface area contributed by atoms with E-state index in [9.17, 15) is 17.2 Å². The molecule has 136 valence electrons. The van der Waals surface area contributed by atoms with Crippen LogP contribution in [0.5, 0.6) is 0 Å². The summed E-state index contributed by atoms with van der Waals surface area (Å²) in [6, 6.07) is 9.29. The van der Waals surface area contributed by atoms with Gasteiger partial charge in [0.05, 0.1) is 6.04 Å². The van der Waals surface area contributed by atoms with Crippen LogP contribution in [0.1, 0.15) is 17.2 Å². The molecule has 1 fully saturated rings. The quantitative estimate of drug-likeness (QED) is 0.879. The highest BCUT2D eigenvalue weighted by molar-refractivity contribution is 7.89. The predicted octanol–water partition coefficient (Wildman–Crippen LogP) is 3.03. The van der Waals surface area contributed by atoms with Crippen LogP contribution in [0.15, 0.2) is 47.4 Å². The van der Waals surface area contributed by atoms with E-state index in [2.05, 4.69) is 5.32 Å². The molecular formula is C17H19ClF2N2O2S. The van der Waals surface area contributed by atoms with Gasteiger partial charge in [-0.2, -0.15) is 4.31 Å². The third-order valence-corrected chi connectivity index (χ3v) is 6.04. The van der Waals surface area contributed by atoms with E-state index < -0.39 is 27.7 Å². The van der Waals surface area contributed by atoms with Crippen molar-refractivity contribution in [3.8, 4) is 0 Å². The summed E-state index contributed by atoms with van der Waals surface area (Å²) in [5.41, 5.74) is 1.19. The lowest BCUT2D eigenvalue weighted by Crippen LogP contribution is -2.48. The first-order valence-electron chi connectivity index (χ1n) is 7.64. The molecule has 1 N–H and O–H groups in total. The lowest BCUT2D eigenvalue weighted by molar-refractivity contribution is 0.270. The van der Waals surface area contributed by atoms with E-state index in [-0.39, 0.29) is 23.8 Å². The lowest BCUT2D eigenvalue weighted by atomic mass is 10.1. The zero-order chi connectivity index (χ0) is 17.3. The van der Waals surface area contributed by atoms with Gasteiger partial charge >= 0.3 is 0 Å². The van der Waals surface area contributed by atoms with Crippen molar-refractivity contribution in [1.82, 2.24) is 9.62 Å². The summed E-state index contributed by atoms with van der Waals surface area (Å²) < 4.78 is 54.9. The van der Waals surface area contributed by atoms with Gasteiger partial charge in [-0.05, 0) is 42.3 Å². The van der Waals surface area contributed by atoms with Gasteiger partial charge in [0.2, 0.25) is 10.0 Å². The summed E-state index contributed by atoms with van der Waals surface area (Å²) >= 11 is 0. The highest BCUT2D eigenvalue weighted by Gasteiger charge is 2.36. The monoisotopic (exact) mass is 388 g/mol. The van der Waals surface area contributed by atoms with Crippen molar-refractivity contribution in [2.24, 2.45) is 0 Å². The molecule has 1 aliphatic rings. The van der Waals surface area contributed by atoms with Crippen LogP contribution in [-0.4, -0.2) is 32.4 Å². The van der Waals surface area contributed by atoms with Gasteiger partial charge in [0, 0.05) is 19.6 Å². The molecule has 1 unspecified atom stereocenters.